The third-order valence-electron chi connectivity index (χ3n) is 18.5. The van der Waals surface area contributed by atoms with Crippen LogP contribution in [0.2, 0.25) is 0 Å². The van der Waals surface area contributed by atoms with Crippen LogP contribution in [-0.4, -0.2) is 175 Å². The molecule has 2 saturated heterocycles. The number of nitrogens with two attached hydrogens (primary N) is 7. The van der Waals surface area contributed by atoms with Gasteiger partial charge < -0.3 is 87.0 Å². The first-order valence-electron chi connectivity index (χ1n) is 36.4. The molecule has 9 atom stereocenters. The number of ether oxygens (including phenoxy) is 1. The van der Waals surface area contributed by atoms with Crippen molar-refractivity contribution < 1.29 is 66.7 Å². The number of ketones is 2. The molecule has 0 unspecified atom stereocenters. The highest BCUT2D eigenvalue weighted by Crippen LogP contribution is 2.26. The summed E-state index contributed by atoms with van der Waals surface area (Å²) in [5, 5.41) is 21.0. The topological polar surface area (TPSA) is 521 Å². The number of carbonyl (C=O) groups excluding carboxylic acids is 12. The van der Waals surface area contributed by atoms with E-state index in [1.54, 1.807) is 6.07 Å². The van der Waals surface area contributed by atoms with Gasteiger partial charge in [-0.2, -0.15) is 0 Å². The quantitative estimate of drug-likeness (QED) is 0.0144. The molecule has 21 N–H and O–H groups in total. The maximum Gasteiger partial charge on any atom is 0.328 e. The van der Waals surface area contributed by atoms with Crippen molar-refractivity contribution in [3.63, 3.8) is 0 Å². The van der Waals surface area contributed by atoms with Gasteiger partial charge >= 0.3 is 5.97 Å². The molecular weight excluding hydrogens is 1380 g/mol. The number of esters is 1. The number of unbranched alkanes of at least 4 members (excludes halogenated alkanes) is 1. The highest BCUT2D eigenvalue weighted by Gasteiger charge is 2.43. The number of carbonyl (C=O) groups is 12. The first kappa shape index (κ1) is 84.9. The standard InChI is InChI=1S/C75H105FN18O13/c1-4-5-20-57-71(106)107-44-75(2,3)63(98)70(105)94-38-12-11-24-59(94)69(104)87-52(32-28-45-16-7-6-8-17-45)43-62(97)88-56(33-34-61(77)96)67(102)91-55(23-15-37-86-74(82)83)65(100)89-53(21-13-35-84-72(78)79)60(95)42-50(40-47-25-29-48-18-9-10-19-49(48)39-47)64(99)90-54(22-14-36-85-73(80)81)66(101)93-58(68(103)92-57)41-46-26-30-51(76)31-27-46/h6-10,16-19,25-27,29-31,39,50,52-59H,4-5,11-15,20-24,28,32-38,40-44H2,1-3H3,(H2,77,96)(H,87,104)(H,88,97)(H,89,100)(H,90,99)(H,91,102)(H,92,103)(H,93,101)(H4,78,79,84)(H4,80,81,85)(H4,82,83,86)/t50-,52+,53-,54-,55-,56-,57+,58-,59-/m0/s1. The lowest BCUT2D eigenvalue weighted by Gasteiger charge is -2.36. The van der Waals surface area contributed by atoms with E-state index in [-0.39, 0.29) is 121 Å². The van der Waals surface area contributed by atoms with Gasteiger partial charge in [-0.1, -0.05) is 105 Å². The van der Waals surface area contributed by atoms with E-state index in [9.17, 15) is 42.7 Å². The number of hydrogen-bond acceptors (Lipinski definition) is 16. The predicted molar refractivity (Wildman–Crippen MR) is 401 cm³/mol. The SMILES string of the molecule is CCCC[C@H]1NC(=O)[C@H](Cc2ccc(F)cc2)NC(=O)[C@H](CCCN=C(N)N)NC(=O)[C@@H](Cc2ccc3ccccc3c2)CC(=O)[C@H](CCCN=C(N)N)NC(=O)[C@H](CCCN=C(N)N)NC(=O)[C@H](CCC(N)=O)NC(=O)C[C@@H](CCc2ccccc2)NC(=O)[C@@H]2CCCCN2C(=O)C(=O)C(C)(C)COC1=O. The van der Waals surface area contributed by atoms with E-state index in [0.717, 1.165) is 33.4 Å². The first-order valence-corrected chi connectivity index (χ1v) is 36.4. The summed E-state index contributed by atoms with van der Waals surface area (Å²) in [7, 11) is 0. The lowest BCUT2D eigenvalue weighted by atomic mass is 9.87. The van der Waals surface area contributed by atoms with Gasteiger partial charge in [-0.05, 0) is 143 Å². The number of amides is 9. The van der Waals surface area contributed by atoms with Crippen molar-refractivity contribution in [2.75, 3.05) is 32.8 Å². The summed E-state index contributed by atoms with van der Waals surface area (Å²) in [6.45, 7) is 3.79. The summed E-state index contributed by atoms with van der Waals surface area (Å²) in [6.07, 6.45) is -0.272. The van der Waals surface area contributed by atoms with E-state index in [4.69, 9.17) is 44.9 Å². The molecule has 0 saturated carbocycles. The monoisotopic (exact) mass is 1480 g/mol. The number of hydrogen-bond donors (Lipinski definition) is 14. The lowest BCUT2D eigenvalue weighted by Crippen LogP contribution is -2.58. The van der Waals surface area contributed by atoms with Gasteiger partial charge in [-0.25, -0.2) is 9.18 Å². The second kappa shape index (κ2) is 42.8. The van der Waals surface area contributed by atoms with E-state index in [1.165, 1.54) is 26.0 Å². The van der Waals surface area contributed by atoms with Crippen LogP contribution in [0.1, 0.15) is 147 Å². The average molecular weight is 1490 g/mol. The van der Waals surface area contributed by atoms with Gasteiger partial charge in [0, 0.05) is 63.8 Å². The molecule has 32 heteroatoms. The maximum absolute atomic E-state index is 15.4. The van der Waals surface area contributed by atoms with Crippen LogP contribution in [-0.2, 0) is 81.5 Å². The molecule has 4 aromatic carbocycles. The third kappa shape index (κ3) is 28.7. The fraction of sp³-hybridized carbons (Fsp3) is 0.507. The van der Waals surface area contributed by atoms with E-state index in [0.29, 0.717) is 43.2 Å². The van der Waals surface area contributed by atoms with E-state index < -0.39 is 162 Å². The second-order valence-corrected chi connectivity index (χ2v) is 27.8. The highest BCUT2D eigenvalue weighted by atomic mass is 19.1. The molecule has 2 aliphatic heterocycles. The number of Topliss-reactive ketones (excluding diaryl/α,β-unsaturated/α-hetero) is 2. The summed E-state index contributed by atoms with van der Waals surface area (Å²) in [6, 6.07) is 15.8. The molecule has 9 amide bonds. The third-order valence-corrected chi connectivity index (χ3v) is 18.5. The number of cyclic esters (lactones) is 1. The van der Waals surface area contributed by atoms with Crippen LogP contribution in [0.15, 0.2) is 112 Å². The number of nitrogens with zero attached hydrogens (tertiary/aromatic N) is 4. The molecule has 107 heavy (non-hydrogen) atoms. The molecule has 0 aliphatic carbocycles. The largest absolute Gasteiger partial charge is 0.463 e. The Bertz CT molecular complexity index is 3830. The van der Waals surface area contributed by atoms with Crippen molar-refractivity contribution >= 4 is 99.4 Å². The molecule has 0 spiro atoms. The van der Waals surface area contributed by atoms with Gasteiger partial charge in [-0.3, -0.25) is 67.7 Å². The lowest BCUT2D eigenvalue weighted by molar-refractivity contribution is -0.159. The zero-order valence-corrected chi connectivity index (χ0v) is 61.1. The molecule has 6 rings (SSSR count). The van der Waals surface area contributed by atoms with Crippen molar-refractivity contribution in [1.29, 1.82) is 0 Å². The van der Waals surface area contributed by atoms with E-state index >= 15 is 19.2 Å². The van der Waals surface area contributed by atoms with Crippen LogP contribution < -0.4 is 77.4 Å². The minimum atomic E-state index is -1.73. The molecular formula is C75H105FN18O13. The minimum Gasteiger partial charge on any atom is -0.463 e. The molecule has 580 valence electrons. The number of aryl methyl sites for hydroxylation is 1. The van der Waals surface area contributed by atoms with Crippen LogP contribution in [0.25, 0.3) is 10.8 Å². The number of primary amides is 1. The van der Waals surface area contributed by atoms with Crippen LogP contribution in [0.3, 0.4) is 0 Å². The molecule has 0 radical (unpaired) electrons. The van der Waals surface area contributed by atoms with Crippen LogP contribution >= 0.6 is 0 Å². The Labute approximate surface area is 621 Å². The molecule has 2 heterocycles. The summed E-state index contributed by atoms with van der Waals surface area (Å²) < 4.78 is 20.3. The number of guanidine groups is 3. The van der Waals surface area contributed by atoms with E-state index in [2.05, 4.69) is 52.2 Å². The summed E-state index contributed by atoms with van der Waals surface area (Å²) in [4.78, 5) is 189. The van der Waals surface area contributed by atoms with Gasteiger partial charge in [0.25, 0.3) is 5.91 Å². The second-order valence-electron chi connectivity index (χ2n) is 27.8. The fourth-order valence-corrected chi connectivity index (χ4v) is 12.6. The Balaban J connectivity index is 1.49. The Kier molecular flexibility index (Phi) is 33.9. The first-order chi connectivity index (χ1) is 51.0. The maximum atomic E-state index is 15.4. The number of fused-ring (bicyclic) bond motifs is 2. The number of benzene rings is 4. The Hall–Kier alpha value is -11.1. The molecule has 0 aromatic heterocycles. The van der Waals surface area contributed by atoms with Crippen molar-refractivity contribution in [2.45, 2.75) is 198 Å². The Morgan fingerprint density at radius 3 is 1.64 bits per heavy atom. The fourth-order valence-electron chi connectivity index (χ4n) is 12.6. The predicted octanol–water partition coefficient (Wildman–Crippen LogP) is 0.906. The van der Waals surface area contributed by atoms with Crippen LogP contribution in [0.4, 0.5) is 4.39 Å². The van der Waals surface area contributed by atoms with Crippen molar-refractivity contribution in [3.8, 4) is 0 Å². The number of piperidine rings is 1. The summed E-state index contributed by atoms with van der Waals surface area (Å²) >= 11 is 0. The van der Waals surface area contributed by atoms with Gasteiger partial charge in [0.05, 0.1) is 11.5 Å². The van der Waals surface area contributed by atoms with Crippen LogP contribution in [0, 0.1) is 17.2 Å². The smallest absolute Gasteiger partial charge is 0.328 e. The number of halogens is 1. The summed E-state index contributed by atoms with van der Waals surface area (Å²) in [5.74, 6) is -13.4. The average Bonchev–Trinajstić information content (AvgIpc) is 0.813. The minimum absolute atomic E-state index is 0.00206. The summed E-state index contributed by atoms with van der Waals surface area (Å²) in [5.41, 5.74) is 39.7. The molecule has 2 aliphatic rings. The van der Waals surface area contributed by atoms with Gasteiger partial charge in [0.15, 0.2) is 23.7 Å². The molecule has 0 bridgehead atoms. The Morgan fingerprint density at radius 2 is 1.05 bits per heavy atom. The Morgan fingerprint density at radius 1 is 0.523 bits per heavy atom. The number of nitrogens with one attached hydrogen (secondary N) is 7. The molecule has 4 aromatic rings. The van der Waals surface area contributed by atoms with Gasteiger partial charge in [0.2, 0.25) is 53.0 Å². The van der Waals surface area contributed by atoms with Crippen LogP contribution in [0.5, 0.6) is 0 Å². The van der Waals surface area contributed by atoms with Crippen molar-refractivity contribution in [3.05, 3.63) is 120 Å². The van der Waals surface area contributed by atoms with Crippen molar-refractivity contribution in [2.24, 2.45) is 66.4 Å². The molecule has 31 nitrogen and oxygen atoms in total. The van der Waals surface area contributed by atoms with Gasteiger partial charge in [0.1, 0.15) is 48.7 Å². The number of rotatable bonds is 25. The number of aliphatic imine (C=N–C) groups is 3. The normalized spacial score (nSPS) is 22.4. The van der Waals surface area contributed by atoms with Gasteiger partial charge in [-0.15, -0.1) is 0 Å². The molecule has 2 fully saturated rings. The van der Waals surface area contributed by atoms with E-state index in [1.807, 2.05) is 73.7 Å². The zero-order chi connectivity index (χ0) is 78.2. The highest BCUT2D eigenvalue weighted by molar-refractivity contribution is 6.38. The zero-order valence-electron chi connectivity index (χ0n) is 61.1. The van der Waals surface area contributed by atoms with Crippen molar-refractivity contribution in [1.82, 2.24) is 42.1 Å².